The standard InChI is InChI=1S/C33H54O4/c1-6-7-8-9-29(34)36-24-13-15-31(4)23(18-24)10-11-25-26(31)14-16-32(5)27(25)19-28-30(32)22(3)33(37-28)17-12-21(2)20-35-33/h21-28,30H,6-20H2,1-5H3/t21-,22+,23-,24+,25-,26+,27+,28-,30+,31-,32-,33+/m0/s1. The molecule has 0 aromatic carbocycles. The minimum Gasteiger partial charge on any atom is -0.462 e. The van der Waals surface area contributed by atoms with Gasteiger partial charge >= 0.3 is 5.97 Å². The molecule has 2 aliphatic heterocycles. The van der Waals surface area contributed by atoms with E-state index in [2.05, 4.69) is 34.6 Å². The molecule has 4 aliphatic carbocycles. The summed E-state index contributed by atoms with van der Waals surface area (Å²) >= 11 is 0. The van der Waals surface area contributed by atoms with Crippen LogP contribution in [-0.2, 0) is 19.0 Å². The molecule has 210 valence electrons. The second-order valence-electron chi connectivity index (χ2n) is 15.0. The van der Waals surface area contributed by atoms with E-state index in [0.29, 0.717) is 41.1 Å². The van der Waals surface area contributed by atoms with Crippen molar-refractivity contribution < 1.29 is 19.0 Å². The van der Waals surface area contributed by atoms with Crippen molar-refractivity contribution in [2.45, 2.75) is 143 Å². The quantitative estimate of drug-likeness (QED) is 0.276. The Labute approximate surface area is 226 Å². The van der Waals surface area contributed by atoms with Crippen molar-refractivity contribution in [2.24, 2.45) is 52.3 Å². The zero-order valence-electron chi connectivity index (χ0n) is 24.4. The van der Waals surface area contributed by atoms with Crippen LogP contribution in [0.5, 0.6) is 0 Å². The monoisotopic (exact) mass is 514 g/mol. The molecule has 0 aromatic heterocycles. The lowest BCUT2D eigenvalue weighted by atomic mass is 9.44. The summed E-state index contributed by atoms with van der Waals surface area (Å²) in [6.45, 7) is 13.1. The molecule has 2 saturated heterocycles. The van der Waals surface area contributed by atoms with Crippen LogP contribution in [-0.4, -0.2) is 30.6 Å². The van der Waals surface area contributed by atoms with Gasteiger partial charge in [-0.15, -0.1) is 0 Å². The summed E-state index contributed by atoms with van der Waals surface area (Å²) in [6, 6.07) is 0. The molecular formula is C33H54O4. The van der Waals surface area contributed by atoms with Crippen LogP contribution < -0.4 is 0 Å². The molecule has 6 fully saturated rings. The molecule has 0 radical (unpaired) electrons. The third-order valence-corrected chi connectivity index (χ3v) is 13.2. The molecule has 2 heterocycles. The zero-order valence-corrected chi connectivity index (χ0v) is 24.4. The van der Waals surface area contributed by atoms with E-state index >= 15 is 0 Å². The van der Waals surface area contributed by atoms with E-state index in [1.165, 1.54) is 44.9 Å². The van der Waals surface area contributed by atoms with Crippen LogP contribution in [0.2, 0.25) is 0 Å². The van der Waals surface area contributed by atoms with Gasteiger partial charge in [0.05, 0.1) is 12.7 Å². The highest BCUT2D eigenvalue weighted by atomic mass is 16.7. The molecule has 4 heteroatoms. The van der Waals surface area contributed by atoms with Crippen LogP contribution in [0.3, 0.4) is 0 Å². The number of carbonyl (C=O) groups is 1. The second-order valence-corrected chi connectivity index (χ2v) is 15.0. The largest absolute Gasteiger partial charge is 0.462 e. The lowest BCUT2D eigenvalue weighted by molar-refractivity contribution is -0.273. The van der Waals surface area contributed by atoms with Gasteiger partial charge in [-0.05, 0) is 111 Å². The molecule has 6 aliphatic rings. The van der Waals surface area contributed by atoms with Crippen molar-refractivity contribution in [3.8, 4) is 0 Å². The van der Waals surface area contributed by atoms with Crippen LogP contribution >= 0.6 is 0 Å². The summed E-state index contributed by atoms with van der Waals surface area (Å²) in [5, 5.41) is 0. The van der Waals surface area contributed by atoms with E-state index in [4.69, 9.17) is 14.2 Å². The number of fused-ring (bicyclic) bond motifs is 7. The first-order chi connectivity index (χ1) is 17.7. The van der Waals surface area contributed by atoms with Gasteiger partial charge < -0.3 is 14.2 Å². The predicted molar refractivity (Wildman–Crippen MR) is 146 cm³/mol. The first kappa shape index (κ1) is 26.6. The highest BCUT2D eigenvalue weighted by Crippen LogP contribution is 2.71. The molecule has 37 heavy (non-hydrogen) atoms. The van der Waals surface area contributed by atoms with Crippen LogP contribution in [0, 0.1) is 52.3 Å². The minimum absolute atomic E-state index is 0.0463. The van der Waals surface area contributed by atoms with Gasteiger partial charge in [0, 0.05) is 18.8 Å². The van der Waals surface area contributed by atoms with E-state index in [0.717, 1.165) is 68.8 Å². The summed E-state index contributed by atoms with van der Waals surface area (Å²) in [6.07, 6.45) is 16.8. The van der Waals surface area contributed by atoms with Gasteiger partial charge in [0.1, 0.15) is 6.10 Å². The minimum atomic E-state index is -0.303. The number of unbranched alkanes of at least 4 members (excludes halogenated alkanes) is 2. The molecule has 0 unspecified atom stereocenters. The smallest absolute Gasteiger partial charge is 0.306 e. The average Bonchev–Trinajstić information content (AvgIpc) is 3.31. The summed E-state index contributed by atoms with van der Waals surface area (Å²) < 4.78 is 19.5. The van der Waals surface area contributed by atoms with Gasteiger partial charge in [-0.2, -0.15) is 0 Å². The molecule has 0 N–H and O–H groups in total. The third-order valence-electron chi connectivity index (χ3n) is 13.2. The van der Waals surface area contributed by atoms with E-state index in [1.54, 1.807) is 0 Å². The lowest BCUT2D eigenvalue weighted by Crippen LogP contribution is -2.55. The molecule has 0 bridgehead atoms. The Morgan fingerprint density at radius 2 is 1.73 bits per heavy atom. The Morgan fingerprint density at radius 1 is 0.919 bits per heavy atom. The van der Waals surface area contributed by atoms with Crippen molar-refractivity contribution in [2.75, 3.05) is 6.61 Å². The van der Waals surface area contributed by atoms with Crippen LogP contribution in [0.25, 0.3) is 0 Å². The normalized spacial score (nSPS) is 52.7. The Bertz CT molecular complexity index is 847. The number of ether oxygens (including phenoxy) is 3. The first-order valence-electron chi connectivity index (χ1n) is 16.2. The lowest BCUT2D eigenvalue weighted by Gasteiger charge is -2.61. The topological polar surface area (TPSA) is 44.8 Å². The number of esters is 1. The number of hydrogen-bond donors (Lipinski definition) is 0. The maximum atomic E-state index is 12.4. The van der Waals surface area contributed by atoms with Crippen molar-refractivity contribution in [1.82, 2.24) is 0 Å². The van der Waals surface area contributed by atoms with Crippen molar-refractivity contribution >= 4 is 5.97 Å². The van der Waals surface area contributed by atoms with Crippen molar-refractivity contribution in [3.05, 3.63) is 0 Å². The van der Waals surface area contributed by atoms with Gasteiger partial charge in [-0.3, -0.25) is 4.79 Å². The molecule has 1 spiro atoms. The SMILES string of the molecule is CCCCCC(=O)O[C@@H]1CC[C@@]2(C)[C@@H](CC[C@H]3[C@H]2CC[C@]2(C)[C@H]4[C@H](C[C@H]32)O[C@]2(CC[C@H](C)CO2)[C@@H]4C)C1. The van der Waals surface area contributed by atoms with Crippen LogP contribution in [0.1, 0.15) is 125 Å². The molecule has 12 atom stereocenters. The van der Waals surface area contributed by atoms with E-state index in [-0.39, 0.29) is 17.9 Å². The molecular weight excluding hydrogens is 460 g/mol. The van der Waals surface area contributed by atoms with Crippen LogP contribution in [0.4, 0.5) is 0 Å². The van der Waals surface area contributed by atoms with Crippen molar-refractivity contribution in [1.29, 1.82) is 0 Å². The number of rotatable bonds is 5. The summed E-state index contributed by atoms with van der Waals surface area (Å²) in [5.74, 6) is 4.76. The molecule has 6 rings (SSSR count). The fraction of sp³-hybridized carbons (Fsp3) is 0.970. The first-order valence-corrected chi connectivity index (χ1v) is 16.2. The fourth-order valence-corrected chi connectivity index (χ4v) is 11.1. The van der Waals surface area contributed by atoms with Gasteiger partial charge in [-0.25, -0.2) is 0 Å². The Hall–Kier alpha value is -0.610. The second kappa shape index (κ2) is 9.79. The summed E-state index contributed by atoms with van der Waals surface area (Å²) in [5.41, 5.74) is 0.818. The highest BCUT2D eigenvalue weighted by molar-refractivity contribution is 5.69. The Balaban J connectivity index is 1.12. The van der Waals surface area contributed by atoms with E-state index < -0.39 is 0 Å². The molecule has 4 saturated carbocycles. The predicted octanol–water partition coefficient (Wildman–Crippen LogP) is 7.93. The molecule has 0 amide bonds. The van der Waals surface area contributed by atoms with Crippen molar-refractivity contribution in [3.63, 3.8) is 0 Å². The van der Waals surface area contributed by atoms with E-state index in [9.17, 15) is 4.79 Å². The summed E-state index contributed by atoms with van der Waals surface area (Å²) in [4.78, 5) is 12.4. The highest BCUT2D eigenvalue weighted by Gasteiger charge is 2.69. The number of hydrogen-bond acceptors (Lipinski definition) is 4. The summed E-state index contributed by atoms with van der Waals surface area (Å²) in [7, 11) is 0. The van der Waals surface area contributed by atoms with Gasteiger partial charge in [0.15, 0.2) is 5.79 Å². The van der Waals surface area contributed by atoms with E-state index in [1.807, 2.05) is 0 Å². The fourth-order valence-electron chi connectivity index (χ4n) is 11.1. The Kier molecular flexibility index (Phi) is 7.04. The van der Waals surface area contributed by atoms with Crippen LogP contribution in [0.15, 0.2) is 0 Å². The number of carbonyl (C=O) groups excluding carboxylic acids is 1. The zero-order chi connectivity index (χ0) is 26.0. The maximum Gasteiger partial charge on any atom is 0.306 e. The Morgan fingerprint density at radius 3 is 2.49 bits per heavy atom. The van der Waals surface area contributed by atoms with Gasteiger partial charge in [0.25, 0.3) is 0 Å². The van der Waals surface area contributed by atoms with Gasteiger partial charge in [0.2, 0.25) is 0 Å². The maximum absolute atomic E-state index is 12.4. The molecule has 0 aromatic rings. The van der Waals surface area contributed by atoms with Gasteiger partial charge in [-0.1, -0.05) is 47.5 Å². The average molecular weight is 515 g/mol. The molecule has 4 nitrogen and oxygen atoms in total. The third kappa shape index (κ3) is 4.25.